The number of aromatic nitrogens is 2. The van der Waals surface area contributed by atoms with E-state index in [-0.39, 0.29) is 24.0 Å². The first-order chi connectivity index (χ1) is 9.51. The number of hydrogen-bond donors (Lipinski definition) is 3. The number of hydrogen-bond acceptors (Lipinski definition) is 5. The summed E-state index contributed by atoms with van der Waals surface area (Å²) in [6, 6.07) is 0. The van der Waals surface area contributed by atoms with Crippen molar-refractivity contribution < 1.29 is 9.53 Å². The lowest BCUT2D eigenvalue weighted by molar-refractivity contribution is -0.137. The highest BCUT2D eigenvalue weighted by Gasteiger charge is 2.24. The topological polar surface area (TPSA) is 121 Å². The van der Waals surface area contributed by atoms with Crippen molar-refractivity contribution in [3.63, 3.8) is 0 Å². The second kappa shape index (κ2) is 6.02. The van der Waals surface area contributed by atoms with Gasteiger partial charge in [-0.05, 0) is 6.92 Å². The van der Waals surface area contributed by atoms with E-state index in [0.29, 0.717) is 31.9 Å². The third-order valence-electron chi connectivity index (χ3n) is 3.34. The average Bonchev–Trinajstić information content (AvgIpc) is 2.42. The molecular formula is C12H18N4O4. The molecule has 1 aromatic heterocycles. The van der Waals surface area contributed by atoms with Crippen LogP contribution in [0.15, 0.2) is 9.59 Å². The third-order valence-corrected chi connectivity index (χ3v) is 3.34. The van der Waals surface area contributed by atoms with Gasteiger partial charge in [-0.3, -0.25) is 14.6 Å². The summed E-state index contributed by atoms with van der Waals surface area (Å²) in [6.45, 7) is 3.29. The van der Waals surface area contributed by atoms with Gasteiger partial charge in [0.2, 0.25) is 5.91 Å². The van der Waals surface area contributed by atoms with Gasteiger partial charge in [-0.1, -0.05) is 0 Å². The number of rotatable bonds is 3. The normalized spacial score (nSPS) is 19.1. The lowest BCUT2D eigenvalue weighted by Crippen LogP contribution is -2.49. The Kier molecular flexibility index (Phi) is 4.35. The van der Waals surface area contributed by atoms with Crippen molar-refractivity contribution in [3.05, 3.63) is 32.1 Å². The number of nitrogens with one attached hydrogen (secondary N) is 2. The Bertz CT molecular complexity index is 606. The van der Waals surface area contributed by atoms with Crippen molar-refractivity contribution in [2.45, 2.75) is 19.4 Å². The zero-order chi connectivity index (χ0) is 14.7. The van der Waals surface area contributed by atoms with Crippen LogP contribution in [0.3, 0.4) is 0 Å². The fraction of sp³-hybridized carbons (Fsp3) is 0.583. The molecule has 2 heterocycles. The summed E-state index contributed by atoms with van der Waals surface area (Å²) in [6.07, 6.45) is -0.211. The summed E-state index contributed by atoms with van der Waals surface area (Å²) < 4.78 is 5.39. The van der Waals surface area contributed by atoms with Crippen LogP contribution in [0.2, 0.25) is 0 Å². The van der Waals surface area contributed by atoms with Crippen molar-refractivity contribution >= 4 is 5.91 Å². The Hall–Kier alpha value is -1.93. The van der Waals surface area contributed by atoms with Crippen LogP contribution in [0.25, 0.3) is 0 Å². The maximum Gasteiger partial charge on any atom is 0.325 e. The first kappa shape index (κ1) is 14.5. The average molecular weight is 282 g/mol. The number of H-pyrrole nitrogens is 2. The number of aryl methyl sites for hydroxylation is 1. The molecule has 4 N–H and O–H groups in total. The number of aromatic amines is 2. The van der Waals surface area contributed by atoms with Crippen molar-refractivity contribution in [1.82, 2.24) is 14.9 Å². The van der Waals surface area contributed by atoms with Crippen LogP contribution in [-0.2, 0) is 16.0 Å². The monoisotopic (exact) mass is 282 g/mol. The SMILES string of the molecule is Cc1[nH]c(=O)[nH]c(=O)c1CC(=O)N1CCO[C@@H](CN)C1. The van der Waals surface area contributed by atoms with E-state index >= 15 is 0 Å². The predicted molar refractivity (Wildman–Crippen MR) is 71.5 cm³/mol. The van der Waals surface area contributed by atoms with Crippen LogP contribution in [0.4, 0.5) is 0 Å². The van der Waals surface area contributed by atoms with Crippen LogP contribution >= 0.6 is 0 Å². The van der Waals surface area contributed by atoms with E-state index in [4.69, 9.17) is 10.5 Å². The quantitative estimate of drug-likeness (QED) is 0.598. The second-order valence-corrected chi connectivity index (χ2v) is 4.76. The van der Waals surface area contributed by atoms with Gasteiger partial charge in [0.25, 0.3) is 5.56 Å². The van der Waals surface area contributed by atoms with Gasteiger partial charge in [0, 0.05) is 30.9 Å². The molecule has 8 nitrogen and oxygen atoms in total. The summed E-state index contributed by atoms with van der Waals surface area (Å²) in [5.41, 5.74) is 5.13. The summed E-state index contributed by atoms with van der Waals surface area (Å²) in [7, 11) is 0. The fourth-order valence-electron chi connectivity index (χ4n) is 2.19. The van der Waals surface area contributed by atoms with Crippen molar-refractivity contribution in [2.24, 2.45) is 5.73 Å². The molecule has 0 bridgehead atoms. The molecule has 0 saturated carbocycles. The van der Waals surface area contributed by atoms with Crippen LogP contribution in [0.1, 0.15) is 11.3 Å². The molecule has 1 saturated heterocycles. The van der Waals surface area contributed by atoms with E-state index in [0.717, 1.165) is 0 Å². The smallest absolute Gasteiger partial charge is 0.325 e. The van der Waals surface area contributed by atoms with Gasteiger partial charge in [-0.15, -0.1) is 0 Å². The van der Waals surface area contributed by atoms with E-state index < -0.39 is 11.2 Å². The Morgan fingerprint density at radius 2 is 2.20 bits per heavy atom. The van der Waals surface area contributed by atoms with Crippen molar-refractivity contribution in [3.8, 4) is 0 Å². The summed E-state index contributed by atoms with van der Waals surface area (Å²) >= 11 is 0. The van der Waals surface area contributed by atoms with Crippen LogP contribution < -0.4 is 17.0 Å². The Labute approximate surface area is 114 Å². The van der Waals surface area contributed by atoms with Gasteiger partial charge in [0.1, 0.15) is 0 Å². The molecule has 0 aliphatic carbocycles. The molecule has 1 amide bonds. The molecule has 2 rings (SSSR count). The molecule has 1 aromatic rings. The number of morpholine rings is 1. The number of carbonyl (C=O) groups excluding carboxylic acids is 1. The molecule has 0 aromatic carbocycles. The first-order valence-electron chi connectivity index (χ1n) is 6.42. The van der Waals surface area contributed by atoms with E-state index in [9.17, 15) is 14.4 Å². The number of ether oxygens (including phenoxy) is 1. The van der Waals surface area contributed by atoms with E-state index in [1.54, 1.807) is 11.8 Å². The van der Waals surface area contributed by atoms with Crippen molar-refractivity contribution in [1.29, 1.82) is 0 Å². The zero-order valence-corrected chi connectivity index (χ0v) is 11.3. The lowest BCUT2D eigenvalue weighted by Gasteiger charge is -2.32. The predicted octanol–water partition coefficient (Wildman–Crippen LogP) is -1.90. The van der Waals surface area contributed by atoms with Crippen LogP contribution in [0.5, 0.6) is 0 Å². The largest absolute Gasteiger partial charge is 0.373 e. The number of nitrogens with zero attached hydrogens (tertiary/aromatic N) is 1. The molecule has 1 aliphatic rings. The zero-order valence-electron chi connectivity index (χ0n) is 11.3. The minimum absolute atomic E-state index is 0.0464. The molecule has 1 atom stereocenters. The van der Waals surface area contributed by atoms with Crippen molar-refractivity contribution in [2.75, 3.05) is 26.2 Å². The molecule has 0 spiro atoms. The minimum atomic E-state index is -0.571. The second-order valence-electron chi connectivity index (χ2n) is 4.76. The molecule has 0 radical (unpaired) electrons. The first-order valence-corrected chi connectivity index (χ1v) is 6.42. The fourth-order valence-corrected chi connectivity index (χ4v) is 2.19. The highest BCUT2D eigenvalue weighted by molar-refractivity contribution is 5.79. The molecule has 0 unspecified atom stereocenters. The Morgan fingerprint density at radius 1 is 1.45 bits per heavy atom. The van der Waals surface area contributed by atoms with Gasteiger partial charge in [0.15, 0.2) is 0 Å². The molecule has 110 valence electrons. The maximum atomic E-state index is 12.2. The Balaban J connectivity index is 2.12. The summed E-state index contributed by atoms with van der Waals surface area (Å²) in [4.78, 5) is 41.2. The molecule has 1 fully saturated rings. The Morgan fingerprint density at radius 3 is 2.85 bits per heavy atom. The van der Waals surface area contributed by atoms with Gasteiger partial charge >= 0.3 is 5.69 Å². The van der Waals surface area contributed by atoms with Gasteiger partial charge in [-0.25, -0.2) is 4.79 Å². The molecule has 1 aliphatic heterocycles. The summed E-state index contributed by atoms with van der Waals surface area (Å²) in [5, 5.41) is 0. The van der Waals surface area contributed by atoms with E-state index in [1.807, 2.05) is 0 Å². The van der Waals surface area contributed by atoms with Gasteiger partial charge in [-0.2, -0.15) is 0 Å². The van der Waals surface area contributed by atoms with E-state index in [1.165, 1.54) is 0 Å². The lowest BCUT2D eigenvalue weighted by atomic mass is 10.1. The summed E-state index contributed by atoms with van der Waals surface area (Å²) in [5.74, 6) is -0.174. The third kappa shape index (κ3) is 3.14. The van der Waals surface area contributed by atoms with Crippen LogP contribution in [0, 0.1) is 6.92 Å². The standard InChI is InChI=1S/C12H18N4O4/c1-7-9(11(18)15-12(19)14-7)4-10(17)16-2-3-20-8(5-13)6-16/h8H,2-6,13H2,1H3,(H2,14,15,18,19)/t8-/m0/s1. The number of amides is 1. The van der Waals surface area contributed by atoms with Gasteiger partial charge in [0.05, 0.1) is 19.1 Å². The number of nitrogens with two attached hydrogens (primary N) is 1. The number of carbonyl (C=O) groups is 1. The molecule has 8 heteroatoms. The van der Waals surface area contributed by atoms with Crippen LogP contribution in [-0.4, -0.2) is 53.1 Å². The molecular weight excluding hydrogens is 264 g/mol. The molecule has 20 heavy (non-hydrogen) atoms. The highest BCUT2D eigenvalue weighted by Crippen LogP contribution is 2.07. The minimum Gasteiger partial charge on any atom is -0.373 e. The van der Waals surface area contributed by atoms with Gasteiger partial charge < -0.3 is 20.4 Å². The van der Waals surface area contributed by atoms with E-state index in [2.05, 4.69) is 9.97 Å². The highest BCUT2D eigenvalue weighted by atomic mass is 16.5. The maximum absolute atomic E-state index is 12.2.